The van der Waals surface area contributed by atoms with Gasteiger partial charge in [0.25, 0.3) is 15.9 Å². The lowest BCUT2D eigenvalue weighted by Crippen LogP contribution is -2.58. The SMILES string of the molecule is COc1ccc2c(O[C@@H]3C[C@@H](C(=O)N[C@]45C[C@H]4C=CCCCCCNc4ccccc4S(=O)(=O)NC5=O)N(C(=O)NC(C)(C)C)C3)cc(-c3ccccc3)nc2c1. The van der Waals surface area contributed by atoms with Crippen molar-refractivity contribution in [2.75, 3.05) is 25.5 Å². The van der Waals surface area contributed by atoms with Gasteiger partial charge in [0.2, 0.25) is 5.91 Å². The molecule has 13 nitrogen and oxygen atoms in total. The molecule has 4 atom stereocenters. The van der Waals surface area contributed by atoms with E-state index in [4.69, 9.17) is 14.5 Å². The quantitative estimate of drug-likeness (QED) is 0.167. The molecule has 3 heterocycles. The zero-order valence-electron chi connectivity index (χ0n) is 32.7. The van der Waals surface area contributed by atoms with Crippen LogP contribution in [0.4, 0.5) is 10.5 Å². The molecule has 3 aliphatic rings. The van der Waals surface area contributed by atoms with Crippen LogP contribution in [-0.4, -0.2) is 79.6 Å². The molecule has 0 radical (unpaired) electrons. The lowest BCUT2D eigenvalue weighted by atomic mass is 10.1. The maximum absolute atomic E-state index is 14.5. The van der Waals surface area contributed by atoms with Crippen LogP contribution < -0.4 is 30.1 Å². The molecule has 14 heteroatoms. The normalized spacial score (nSPS) is 23.4. The van der Waals surface area contributed by atoms with Crippen molar-refractivity contribution in [2.45, 2.75) is 87.4 Å². The third-order valence-electron chi connectivity index (χ3n) is 10.6. The summed E-state index contributed by atoms with van der Waals surface area (Å²) in [6.07, 6.45) is 7.05. The molecule has 2 fully saturated rings. The van der Waals surface area contributed by atoms with Gasteiger partial charge in [-0.1, -0.05) is 61.0 Å². The minimum Gasteiger partial charge on any atom is -0.497 e. The molecule has 2 aliphatic heterocycles. The number of fused-ring (bicyclic) bond motifs is 3. The Bertz CT molecular complexity index is 2290. The van der Waals surface area contributed by atoms with Gasteiger partial charge in [-0.15, -0.1) is 0 Å². The number of rotatable bonds is 6. The van der Waals surface area contributed by atoms with Crippen LogP contribution in [0.25, 0.3) is 22.2 Å². The second kappa shape index (κ2) is 16.1. The van der Waals surface area contributed by atoms with E-state index in [1.165, 1.54) is 11.0 Å². The molecule has 3 aromatic carbocycles. The predicted molar refractivity (Wildman–Crippen MR) is 218 cm³/mol. The van der Waals surface area contributed by atoms with Crippen molar-refractivity contribution in [1.29, 1.82) is 0 Å². The van der Waals surface area contributed by atoms with E-state index in [-0.39, 0.29) is 24.3 Å². The first-order valence-electron chi connectivity index (χ1n) is 19.4. The lowest BCUT2D eigenvalue weighted by molar-refractivity contribution is -0.131. The lowest BCUT2D eigenvalue weighted by Gasteiger charge is -2.30. The number of hydrogen-bond donors (Lipinski definition) is 4. The molecule has 4 amide bonds. The second-order valence-corrected chi connectivity index (χ2v) is 17.6. The molecular weight excluding hydrogens is 745 g/mol. The first-order chi connectivity index (χ1) is 27.3. The van der Waals surface area contributed by atoms with Gasteiger partial charge in [0.05, 0.1) is 30.6 Å². The highest BCUT2D eigenvalue weighted by Crippen LogP contribution is 2.46. The van der Waals surface area contributed by atoms with Crippen LogP contribution >= 0.6 is 0 Å². The molecule has 300 valence electrons. The van der Waals surface area contributed by atoms with Crippen LogP contribution in [-0.2, 0) is 19.6 Å². The summed E-state index contributed by atoms with van der Waals surface area (Å²) in [5.74, 6) is -0.706. The van der Waals surface area contributed by atoms with Crippen molar-refractivity contribution in [2.24, 2.45) is 5.92 Å². The maximum atomic E-state index is 14.5. The molecule has 0 bridgehead atoms. The Hall–Kier alpha value is -5.63. The second-order valence-electron chi connectivity index (χ2n) is 16.0. The predicted octanol–water partition coefficient (Wildman–Crippen LogP) is 6.16. The first-order valence-corrected chi connectivity index (χ1v) is 20.9. The number of urea groups is 1. The summed E-state index contributed by atoms with van der Waals surface area (Å²) in [6, 6.07) is 22.0. The van der Waals surface area contributed by atoms with Crippen molar-refractivity contribution in [3.63, 3.8) is 0 Å². The first kappa shape index (κ1) is 39.6. The van der Waals surface area contributed by atoms with Gasteiger partial charge in [0.15, 0.2) is 0 Å². The number of carbonyl (C=O) groups excluding carboxylic acids is 3. The van der Waals surface area contributed by atoms with Crippen LogP contribution in [0.2, 0.25) is 0 Å². The number of methoxy groups -OCH3 is 1. The number of pyridine rings is 1. The number of benzene rings is 3. The number of para-hydroxylation sites is 1. The van der Waals surface area contributed by atoms with Gasteiger partial charge < -0.3 is 30.3 Å². The monoisotopic (exact) mass is 794 g/mol. The number of sulfonamides is 1. The van der Waals surface area contributed by atoms with Gasteiger partial charge in [0, 0.05) is 47.5 Å². The number of carbonyl (C=O) groups is 3. The number of likely N-dealkylation sites (tertiary alicyclic amines) is 1. The van der Waals surface area contributed by atoms with Crippen LogP contribution in [0, 0.1) is 5.92 Å². The summed E-state index contributed by atoms with van der Waals surface area (Å²) in [5.41, 5.74) is 0.446. The smallest absolute Gasteiger partial charge is 0.318 e. The average Bonchev–Trinajstić information content (AvgIpc) is 3.71. The van der Waals surface area contributed by atoms with Crippen molar-refractivity contribution in [3.05, 3.63) is 91.0 Å². The number of allylic oxidation sites excluding steroid dienone is 1. The molecule has 57 heavy (non-hydrogen) atoms. The standard InChI is InChI=1S/C43H50N6O7S/c1-42(2,3)47-41(52)49-27-31(56-37-25-34(28-15-9-8-10-16-28)45-35-23-30(55-4)20-21-32(35)37)24-36(49)39(50)46-43-26-29(43)17-11-6-5-7-14-22-44-33-18-12-13-19-38(33)57(53,54)48-40(43)51/h8-13,15-21,23,25,29,31,36,44H,5-7,14,22,24,26-27H2,1-4H3,(H,46,50)(H,47,52)(H,48,51)/t29-,31-,36+,43-/m1/s1. The maximum Gasteiger partial charge on any atom is 0.318 e. The summed E-state index contributed by atoms with van der Waals surface area (Å²) in [6.45, 7) is 6.20. The molecule has 7 rings (SSSR count). The van der Waals surface area contributed by atoms with E-state index in [2.05, 4.69) is 20.7 Å². The summed E-state index contributed by atoms with van der Waals surface area (Å²) in [7, 11) is -2.74. The Morgan fingerprint density at radius 3 is 2.53 bits per heavy atom. The molecular formula is C43H50N6O7S. The Balaban J connectivity index is 1.19. The molecule has 1 aromatic heterocycles. The third-order valence-corrected chi connectivity index (χ3v) is 11.9. The van der Waals surface area contributed by atoms with Crippen molar-refractivity contribution in [1.82, 2.24) is 25.2 Å². The summed E-state index contributed by atoms with van der Waals surface area (Å²) >= 11 is 0. The fourth-order valence-electron chi connectivity index (χ4n) is 7.53. The van der Waals surface area contributed by atoms with Gasteiger partial charge in [-0.2, -0.15) is 0 Å². The highest BCUT2D eigenvalue weighted by molar-refractivity contribution is 7.90. The number of nitrogens with zero attached hydrogens (tertiary/aromatic N) is 2. The van der Waals surface area contributed by atoms with E-state index < -0.39 is 57.0 Å². The molecule has 0 spiro atoms. The molecule has 1 saturated heterocycles. The Kier molecular flexibility index (Phi) is 11.2. The van der Waals surface area contributed by atoms with E-state index in [0.29, 0.717) is 34.9 Å². The zero-order valence-corrected chi connectivity index (χ0v) is 33.5. The summed E-state index contributed by atoms with van der Waals surface area (Å²) in [4.78, 5) is 48.8. The van der Waals surface area contributed by atoms with Gasteiger partial charge >= 0.3 is 6.03 Å². The molecule has 4 N–H and O–H groups in total. The fourth-order valence-corrected chi connectivity index (χ4v) is 8.76. The molecule has 1 aliphatic carbocycles. The molecule has 0 unspecified atom stereocenters. The van der Waals surface area contributed by atoms with E-state index in [9.17, 15) is 22.8 Å². The minimum atomic E-state index is -4.33. The molecule has 1 saturated carbocycles. The van der Waals surface area contributed by atoms with E-state index in [1.807, 2.05) is 87.5 Å². The number of aromatic nitrogens is 1. The number of anilines is 1. The Labute approximate surface area is 333 Å². The Morgan fingerprint density at radius 2 is 1.75 bits per heavy atom. The summed E-state index contributed by atoms with van der Waals surface area (Å²) in [5, 5.41) is 9.83. The number of hydrogen-bond acceptors (Lipinski definition) is 9. The van der Waals surface area contributed by atoms with Crippen molar-refractivity contribution < 1.29 is 32.3 Å². The average molecular weight is 795 g/mol. The van der Waals surface area contributed by atoms with Gasteiger partial charge in [-0.05, 0) is 70.7 Å². The van der Waals surface area contributed by atoms with E-state index in [1.54, 1.807) is 25.3 Å². The van der Waals surface area contributed by atoms with Crippen LogP contribution in [0.1, 0.15) is 59.3 Å². The minimum absolute atomic E-state index is 0.0549. The van der Waals surface area contributed by atoms with Gasteiger partial charge in [0.1, 0.15) is 34.1 Å². The summed E-state index contributed by atoms with van der Waals surface area (Å²) < 4.78 is 41.9. The fraction of sp³-hybridized carbons (Fsp3) is 0.395. The van der Waals surface area contributed by atoms with Gasteiger partial charge in [-0.25, -0.2) is 22.9 Å². The van der Waals surface area contributed by atoms with Crippen molar-refractivity contribution >= 4 is 44.5 Å². The molecule has 4 aromatic rings. The number of amides is 4. The van der Waals surface area contributed by atoms with Crippen LogP contribution in [0.15, 0.2) is 95.9 Å². The topological polar surface area (TPSA) is 168 Å². The van der Waals surface area contributed by atoms with Crippen molar-refractivity contribution in [3.8, 4) is 22.8 Å². The van der Waals surface area contributed by atoms with Gasteiger partial charge in [-0.3, -0.25) is 9.59 Å². The van der Waals surface area contributed by atoms with Crippen LogP contribution in [0.3, 0.4) is 0 Å². The highest BCUT2D eigenvalue weighted by Gasteiger charge is 2.61. The number of nitrogens with one attached hydrogen (secondary N) is 4. The Morgan fingerprint density at radius 1 is 0.982 bits per heavy atom. The third kappa shape index (κ3) is 8.85. The zero-order chi connectivity index (χ0) is 40.4. The van der Waals surface area contributed by atoms with Crippen LogP contribution in [0.5, 0.6) is 11.5 Å². The number of ether oxygens (including phenoxy) is 2. The van der Waals surface area contributed by atoms with E-state index in [0.717, 1.165) is 36.6 Å². The van der Waals surface area contributed by atoms with E-state index >= 15 is 0 Å². The highest BCUT2D eigenvalue weighted by atomic mass is 32.2. The largest absolute Gasteiger partial charge is 0.497 e.